The van der Waals surface area contributed by atoms with Crippen LogP contribution in [-0.4, -0.2) is 54.5 Å². The number of ether oxygens (including phenoxy) is 1. The quantitative estimate of drug-likeness (QED) is 0.329. The molecule has 0 amide bonds. The zero-order chi connectivity index (χ0) is 19.1. The van der Waals surface area contributed by atoms with Gasteiger partial charge in [-0.05, 0) is 44.1 Å². The number of para-hydroxylation sites is 1. The molecule has 1 aliphatic rings. The molecule has 0 bridgehead atoms. The summed E-state index contributed by atoms with van der Waals surface area (Å²) in [4.78, 5) is 2.38. The zero-order valence-corrected chi connectivity index (χ0v) is 16.6. The van der Waals surface area contributed by atoms with E-state index in [9.17, 15) is 0 Å². The van der Waals surface area contributed by atoms with Crippen molar-refractivity contribution >= 4 is 29.4 Å². The van der Waals surface area contributed by atoms with Crippen molar-refractivity contribution in [2.45, 2.75) is 19.8 Å². The summed E-state index contributed by atoms with van der Waals surface area (Å²) in [6.45, 7) is 5.30. The normalized spacial score (nSPS) is 14.1. The van der Waals surface area contributed by atoms with Crippen LogP contribution in [0.2, 0.25) is 0 Å². The van der Waals surface area contributed by atoms with Crippen molar-refractivity contribution in [1.82, 2.24) is 20.5 Å². The molecule has 8 heteroatoms. The lowest BCUT2D eigenvalue weighted by Gasteiger charge is -2.20. The Morgan fingerprint density at radius 2 is 2.04 bits per heavy atom. The number of nitrogens with one attached hydrogen (secondary N) is 2. The third-order valence-electron chi connectivity index (χ3n) is 4.44. The molecule has 1 fully saturated rings. The van der Waals surface area contributed by atoms with Gasteiger partial charge in [0.25, 0.3) is 0 Å². The first-order chi connectivity index (χ1) is 13.2. The summed E-state index contributed by atoms with van der Waals surface area (Å²) >= 11 is 5.21. The number of nitrogens with zero attached hydrogens (tertiary/aromatic N) is 4. The van der Waals surface area contributed by atoms with Gasteiger partial charge in [0.05, 0.1) is 29.8 Å². The second kappa shape index (κ2) is 9.48. The van der Waals surface area contributed by atoms with Crippen LogP contribution in [0.1, 0.15) is 24.1 Å². The highest BCUT2D eigenvalue weighted by Crippen LogP contribution is 2.28. The highest BCUT2D eigenvalue weighted by atomic mass is 32.1. The van der Waals surface area contributed by atoms with E-state index in [0.29, 0.717) is 18.3 Å². The number of benzene rings is 1. The molecule has 0 atom stereocenters. The van der Waals surface area contributed by atoms with E-state index in [-0.39, 0.29) is 0 Å². The van der Waals surface area contributed by atoms with E-state index in [2.05, 4.69) is 32.9 Å². The van der Waals surface area contributed by atoms with Gasteiger partial charge < -0.3 is 15.0 Å². The van der Waals surface area contributed by atoms with Crippen LogP contribution in [0.4, 0.5) is 5.82 Å². The van der Waals surface area contributed by atoms with Gasteiger partial charge in [0.2, 0.25) is 0 Å². The average molecular weight is 387 g/mol. The minimum absolute atomic E-state index is 0.471. The van der Waals surface area contributed by atoms with E-state index in [1.54, 1.807) is 13.3 Å². The third-order valence-corrected chi connectivity index (χ3v) is 4.67. The Balaban J connectivity index is 1.83. The second-order valence-electron chi connectivity index (χ2n) is 6.38. The molecule has 0 aliphatic carbocycles. The van der Waals surface area contributed by atoms with E-state index in [4.69, 9.17) is 22.1 Å². The molecule has 1 aromatic carbocycles. The fourth-order valence-electron chi connectivity index (χ4n) is 3.12. The van der Waals surface area contributed by atoms with Crippen LogP contribution in [0.5, 0.6) is 0 Å². The largest absolute Gasteiger partial charge is 0.383 e. The lowest BCUT2D eigenvalue weighted by molar-refractivity contribution is 0.204. The van der Waals surface area contributed by atoms with E-state index < -0.39 is 0 Å². The van der Waals surface area contributed by atoms with Gasteiger partial charge in [0, 0.05) is 26.7 Å². The Hall–Kier alpha value is -2.45. The molecule has 3 rings (SSSR count). The zero-order valence-electron chi connectivity index (χ0n) is 15.8. The number of methoxy groups -OCH3 is 1. The number of aromatic nitrogens is 2. The van der Waals surface area contributed by atoms with Gasteiger partial charge in [-0.3, -0.25) is 5.43 Å². The fourth-order valence-corrected chi connectivity index (χ4v) is 3.28. The monoisotopic (exact) mass is 386 g/mol. The summed E-state index contributed by atoms with van der Waals surface area (Å²) in [5.41, 5.74) is 5.85. The summed E-state index contributed by atoms with van der Waals surface area (Å²) in [7, 11) is 1.66. The van der Waals surface area contributed by atoms with Crippen LogP contribution in [0.15, 0.2) is 35.4 Å². The number of hydrazone groups is 1. The van der Waals surface area contributed by atoms with Crippen molar-refractivity contribution < 1.29 is 4.74 Å². The van der Waals surface area contributed by atoms with E-state index in [1.165, 1.54) is 12.8 Å². The lowest BCUT2D eigenvalue weighted by Crippen LogP contribution is -2.34. The van der Waals surface area contributed by atoms with Gasteiger partial charge in [0.15, 0.2) is 5.11 Å². The Bertz CT molecular complexity index is 783. The molecular formula is C19H26N6OS. The van der Waals surface area contributed by atoms with E-state index in [1.807, 2.05) is 29.8 Å². The van der Waals surface area contributed by atoms with Crippen LogP contribution < -0.4 is 15.6 Å². The number of hydrogen-bond acceptors (Lipinski definition) is 5. The first kappa shape index (κ1) is 19.3. The van der Waals surface area contributed by atoms with Gasteiger partial charge in [0.1, 0.15) is 5.82 Å². The van der Waals surface area contributed by atoms with Gasteiger partial charge >= 0.3 is 0 Å². The first-order valence-electron chi connectivity index (χ1n) is 9.16. The van der Waals surface area contributed by atoms with Crippen LogP contribution in [0.25, 0.3) is 5.69 Å². The Morgan fingerprint density at radius 1 is 1.30 bits per heavy atom. The molecule has 0 radical (unpaired) electrons. The van der Waals surface area contributed by atoms with Crippen molar-refractivity contribution in [3.8, 4) is 5.69 Å². The lowest BCUT2D eigenvalue weighted by atomic mass is 10.2. The molecule has 144 valence electrons. The minimum atomic E-state index is 0.471. The molecule has 2 aromatic rings. The Kier molecular flexibility index (Phi) is 6.78. The molecule has 1 aromatic heterocycles. The maximum absolute atomic E-state index is 5.21. The predicted molar refractivity (Wildman–Crippen MR) is 113 cm³/mol. The van der Waals surface area contributed by atoms with Crippen LogP contribution >= 0.6 is 12.2 Å². The van der Waals surface area contributed by atoms with Gasteiger partial charge in [-0.1, -0.05) is 18.2 Å². The smallest absolute Gasteiger partial charge is 0.187 e. The van der Waals surface area contributed by atoms with Crippen molar-refractivity contribution in [2.75, 3.05) is 38.3 Å². The van der Waals surface area contributed by atoms with Crippen molar-refractivity contribution in [1.29, 1.82) is 0 Å². The molecule has 1 aliphatic heterocycles. The number of anilines is 1. The van der Waals surface area contributed by atoms with Gasteiger partial charge in [-0.25, -0.2) is 4.68 Å². The van der Waals surface area contributed by atoms with Crippen LogP contribution in [0.3, 0.4) is 0 Å². The highest BCUT2D eigenvalue weighted by Gasteiger charge is 2.23. The number of hydrogen-bond donors (Lipinski definition) is 2. The van der Waals surface area contributed by atoms with Crippen molar-refractivity contribution in [3.05, 3.63) is 41.6 Å². The Morgan fingerprint density at radius 3 is 2.74 bits per heavy atom. The topological polar surface area (TPSA) is 66.7 Å². The molecule has 27 heavy (non-hydrogen) atoms. The maximum atomic E-state index is 5.21. The molecular weight excluding hydrogens is 360 g/mol. The van der Waals surface area contributed by atoms with Crippen LogP contribution in [0, 0.1) is 6.92 Å². The summed E-state index contributed by atoms with van der Waals surface area (Å²) in [6, 6.07) is 10.2. The molecule has 0 spiro atoms. The standard InChI is InChI=1S/C19H26N6OS/c1-15-17(14-21-22-19(27)20-10-13-26-2)18(24-11-6-7-12-24)25(23-15)16-8-4-3-5-9-16/h3-5,8-9,14H,6-7,10-13H2,1-2H3,(H2,20,22,27)/b21-14+. The SMILES string of the molecule is COCCNC(=S)N/N=C/c1c(C)nn(-c2ccccc2)c1N1CCCC1. The number of aryl methyl sites for hydroxylation is 1. The van der Waals surface area contributed by atoms with Crippen molar-refractivity contribution in [3.63, 3.8) is 0 Å². The fraction of sp³-hybridized carbons (Fsp3) is 0.421. The summed E-state index contributed by atoms with van der Waals surface area (Å²) < 4.78 is 7.01. The Labute approximate surface area is 165 Å². The minimum Gasteiger partial charge on any atom is -0.383 e. The summed E-state index contributed by atoms with van der Waals surface area (Å²) in [5, 5.41) is 12.6. The summed E-state index contributed by atoms with van der Waals surface area (Å²) in [6.07, 6.45) is 4.20. The molecule has 7 nitrogen and oxygen atoms in total. The van der Waals surface area contributed by atoms with Gasteiger partial charge in [-0.2, -0.15) is 10.2 Å². The first-order valence-corrected chi connectivity index (χ1v) is 9.57. The highest BCUT2D eigenvalue weighted by molar-refractivity contribution is 7.80. The summed E-state index contributed by atoms with van der Waals surface area (Å²) in [5.74, 6) is 1.08. The molecule has 0 unspecified atom stereocenters. The second-order valence-corrected chi connectivity index (χ2v) is 6.79. The molecule has 0 saturated carbocycles. The van der Waals surface area contributed by atoms with E-state index >= 15 is 0 Å². The van der Waals surface area contributed by atoms with Gasteiger partial charge in [-0.15, -0.1) is 0 Å². The predicted octanol–water partition coefficient (Wildman–Crippen LogP) is 2.23. The molecule has 2 heterocycles. The van der Waals surface area contributed by atoms with Crippen molar-refractivity contribution in [2.24, 2.45) is 5.10 Å². The average Bonchev–Trinajstić information content (AvgIpc) is 3.31. The van der Waals surface area contributed by atoms with E-state index in [0.717, 1.165) is 35.9 Å². The third kappa shape index (κ3) is 4.84. The maximum Gasteiger partial charge on any atom is 0.187 e. The molecule has 2 N–H and O–H groups in total. The van der Waals surface area contributed by atoms with Crippen LogP contribution in [-0.2, 0) is 4.74 Å². The number of rotatable bonds is 7. The number of thiocarbonyl (C=S) groups is 1. The molecule has 1 saturated heterocycles.